The first-order chi connectivity index (χ1) is 12.1. The van der Waals surface area contributed by atoms with E-state index in [9.17, 15) is 0 Å². The van der Waals surface area contributed by atoms with E-state index in [2.05, 4.69) is 33.6 Å². The first-order valence-electron chi connectivity index (χ1n) is 7.70. The van der Waals surface area contributed by atoms with Crippen molar-refractivity contribution in [3.05, 3.63) is 80.9 Å². The highest BCUT2D eigenvalue weighted by atomic mass is 127. The Balaban J connectivity index is 1.89. The molecule has 126 valence electrons. The molecule has 1 heterocycles. The van der Waals surface area contributed by atoms with Crippen LogP contribution in [0.2, 0.25) is 0 Å². The zero-order valence-corrected chi connectivity index (χ0v) is 15.8. The molecule has 1 unspecified atom stereocenters. The van der Waals surface area contributed by atoms with Crippen molar-refractivity contribution in [1.29, 1.82) is 5.26 Å². The van der Waals surface area contributed by atoms with Crippen molar-refractivity contribution in [2.75, 3.05) is 5.73 Å². The van der Waals surface area contributed by atoms with E-state index < -0.39 is 0 Å². The maximum absolute atomic E-state index is 8.99. The highest BCUT2D eigenvalue weighted by Gasteiger charge is 2.19. The summed E-state index contributed by atoms with van der Waals surface area (Å²) in [5.74, 6) is 0. The molecule has 2 N–H and O–H groups in total. The van der Waals surface area contributed by atoms with E-state index >= 15 is 0 Å². The van der Waals surface area contributed by atoms with Crippen LogP contribution in [0.25, 0.3) is 0 Å². The average molecular weight is 444 g/mol. The van der Waals surface area contributed by atoms with Gasteiger partial charge in [-0.1, -0.05) is 18.2 Å². The number of halogens is 1. The molecular weight excluding hydrogens is 427 g/mol. The largest absolute Gasteiger partial charge is 0.398 e. The Labute approximate surface area is 160 Å². The molecule has 0 saturated heterocycles. The second-order valence-electron chi connectivity index (χ2n) is 5.70. The van der Waals surface area contributed by atoms with Crippen LogP contribution in [-0.2, 0) is 18.4 Å². The number of aromatic nitrogens is 2. The van der Waals surface area contributed by atoms with Crippen LogP contribution in [-0.4, -0.2) is 9.55 Å². The zero-order valence-electron chi connectivity index (χ0n) is 13.7. The molecule has 1 aromatic heterocycles. The van der Waals surface area contributed by atoms with Gasteiger partial charge in [0.05, 0.1) is 36.5 Å². The quantitative estimate of drug-likeness (QED) is 0.480. The lowest BCUT2D eigenvalue weighted by atomic mass is 10.0. The van der Waals surface area contributed by atoms with Crippen molar-refractivity contribution in [3.63, 3.8) is 0 Å². The lowest BCUT2D eigenvalue weighted by Crippen LogP contribution is -2.11. The Morgan fingerprint density at radius 1 is 1.28 bits per heavy atom. The lowest BCUT2D eigenvalue weighted by molar-refractivity contribution is 0.0625. The molecule has 0 radical (unpaired) electrons. The third-order valence-electron chi connectivity index (χ3n) is 3.98. The summed E-state index contributed by atoms with van der Waals surface area (Å²) >= 11 is 2.23. The first-order valence-corrected chi connectivity index (χ1v) is 8.78. The SMILES string of the molecule is Cn1cncc1C(OCc1ccc(I)cc1N)c1ccc(C#N)cc1. The summed E-state index contributed by atoms with van der Waals surface area (Å²) in [5.41, 5.74) is 10.3. The molecule has 0 spiro atoms. The maximum Gasteiger partial charge on any atom is 0.124 e. The number of ether oxygens (including phenoxy) is 1. The summed E-state index contributed by atoms with van der Waals surface area (Å²) in [7, 11) is 1.93. The van der Waals surface area contributed by atoms with E-state index in [4.69, 9.17) is 15.7 Å². The number of nitriles is 1. The molecule has 1 atom stereocenters. The van der Waals surface area contributed by atoms with Gasteiger partial charge in [0.2, 0.25) is 0 Å². The molecular formula is C19H17IN4O. The normalized spacial score (nSPS) is 11.9. The minimum Gasteiger partial charge on any atom is -0.398 e. The van der Waals surface area contributed by atoms with Crippen LogP contribution in [0.4, 0.5) is 5.69 Å². The fourth-order valence-corrected chi connectivity index (χ4v) is 3.09. The smallest absolute Gasteiger partial charge is 0.124 e. The van der Waals surface area contributed by atoms with Crippen molar-refractivity contribution >= 4 is 28.3 Å². The van der Waals surface area contributed by atoms with Gasteiger partial charge < -0.3 is 15.0 Å². The molecule has 6 heteroatoms. The monoisotopic (exact) mass is 444 g/mol. The van der Waals surface area contributed by atoms with Crippen LogP contribution in [0, 0.1) is 14.9 Å². The minimum atomic E-state index is -0.293. The Hall–Kier alpha value is -2.37. The van der Waals surface area contributed by atoms with Gasteiger partial charge in [-0.2, -0.15) is 5.26 Å². The number of hydrogen-bond donors (Lipinski definition) is 1. The molecule has 0 aliphatic carbocycles. The number of benzene rings is 2. The fraction of sp³-hybridized carbons (Fsp3) is 0.158. The van der Waals surface area contributed by atoms with Crippen LogP contribution < -0.4 is 5.73 Å². The number of nitrogens with zero attached hydrogens (tertiary/aromatic N) is 3. The third-order valence-corrected chi connectivity index (χ3v) is 4.65. The number of nitrogens with two attached hydrogens (primary N) is 1. The summed E-state index contributed by atoms with van der Waals surface area (Å²) in [4.78, 5) is 4.19. The summed E-state index contributed by atoms with van der Waals surface area (Å²) in [6.07, 6.45) is 3.24. The van der Waals surface area contributed by atoms with Gasteiger partial charge in [0.15, 0.2) is 0 Å². The van der Waals surface area contributed by atoms with Gasteiger partial charge in [0.1, 0.15) is 6.10 Å². The van der Waals surface area contributed by atoms with Gasteiger partial charge in [-0.15, -0.1) is 0 Å². The summed E-state index contributed by atoms with van der Waals surface area (Å²) < 4.78 is 9.23. The average Bonchev–Trinajstić information content (AvgIpc) is 3.03. The van der Waals surface area contributed by atoms with Crippen molar-refractivity contribution in [3.8, 4) is 6.07 Å². The predicted octanol–water partition coefficient (Wildman–Crippen LogP) is 3.78. The number of nitrogen functional groups attached to an aromatic ring is 1. The third kappa shape index (κ3) is 4.00. The van der Waals surface area contributed by atoms with Gasteiger partial charge in [-0.05, 0) is 52.4 Å². The highest BCUT2D eigenvalue weighted by molar-refractivity contribution is 14.1. The molecule has 5 nitrogen and oxygen atoms in total. The number of aryl methyl sites for hydroxylation is 1. The van der Waals surface area contributed by atoms with Gasteiger partial charge >= 0.3 is 0 Å². The van der Waals surface area contributed by atoms with Crippen LogP contribution >= 0.6 is 22.6 Å². The first kappa shape index (κ1) is 17.5. The fourth-order valence-electron chi connectivity index (χ4n) is 2.58. The second-order valence-corrected chi connectivity index (χ2v) is 6.94. The van der Waals surface area contributed by atoms with E-state index in [-0.39, 0.29) is 6.10 Å². The number of rotatable bonds is 5. The summed E-state index contributed by atoms with van der Waals surface area (Å²) in [6, 6.07) is 15.5. The summed E-state index contributed by atoms with van der Waals surface area (Å²) in [6.45, 7) is 0.388. The molecule has 0 aliphatic heterocycles. The van der Waals surface area contributed by atoms with E-state index in [0.717, 1.165) is 26.1 Å². The molecule has 0 bridgehead atoms. The van der Waals surface area contributed by atoms with Crippen LogP contribution in [0.15, 0.2) is 55.0 Å². The maximum atomic E-state index is 8.99. The molecule has 3 rings (SSSR count). The zero-order chi connectivity index (χ0) is 17.8. The molecule has 0 amide bonds. The van der Waals surface area contributed by atoms with E-state index in [0.29, 0.717) is 12.2 Å². The van der Waals surface area contributed by atoms with Gasteiger partial charge in [-0.3, -0.25) is 0 Å². The standard InChI is InChI=1S/C19H17IN4O/c1-24-12-23-10-18(24)19(14-4-2-13(9-21)3-5-14)25-11-15-6-7-16(20)8-17(15)22/h2-8,10,12,19H,11,22H2,1H3. The molecule has 25 heavy (non-hydrogen) atoms. The highest BCUT2D eigenvalue weighted by Crippen LogP contribution is 2.28. The van der Waals surface area contributed by atoms with Gasteiger partial charge in [0, 0.05) is 21.9 Å². The van der Waals surface area contributed by atoms with Crippen molar-refractivity contribution in [2.24, 2.45) is 7.05 Å². The van der Waals surface area contributed by atoms with Gasteiger partial charge in [-0.25, -0.2) is 4.98 Å². The second kappa shape index (κ2) is 7.68. The van der Waals surface area contributed by atoms with Crippen LogP contribution in [0.3, 0.4) is 0 Å². The van der Waals surface area contributed by atoms with Crippen LogP contribution in [0.5, 0.6) is 0 Å². The Morgan fingerprint density at radius 2 is 2.04 bits per heavy atom. The topological polar surface area (TPSA) is 76.9 Å². The van der Waals surface area contributed by atoms with Crippen molar-refractivity contribution in [2.45, 2.75) is 12.7 Å². The van der Waals surface area contributed by atoms with Crippen LogP contribution in [0.1, 0.15) is 28.5 Å². The number of imidazole rings is 1. The van der Waals surface area contributed by atoms with E-state index in [1.807, 2.05) is 41.9 Å². The molecule has 0 aliphatic rings. The van der Waals surface area contributed by atoms with E-state index in [1.165, 1.54) is 0 Å². The Morgan fingerprint density at radius 3 is 2.64 bits per heavy atom. The molecule has 0 saturated carbocycles. The minimum absolute atomic E-state index is 0.293. The Kier molecular flexibility index (Phi) is 5.36. The molecule has 3 aromatic rings. The van der Waals surface area contributed by atoms with E-state index in [1.54, 1.807) is 24.7 Å². The lowest BCUT2D eigenvalue weighted by Gasteiger charge is -2.20. The summed E-state index contributed by atoms with van der Waals surface area (Å²) in [5, 5.41) is 8.99. The predicted molar refractivity (Wildman–Crippen MR) is 105 cm³/mol. The molecule has 0 fully saturated rings. The van der Waals surface area contributed by atoms with Gasteiger partial charge in [0.25, 0.3) is 0 Å². The van der Waals surface area contributed by atoms with Crippen molar-refractivity contribution < 1.29 is 4.74 Å². The number of hydrogen-bond acceptors (Lipinski definition) is 4. The Bertz CT molecular complexity index is 912. The van der Waals surface area contributed by atoms with Crippen molar-refractivity contribution in [1.82, 2.24) is 9.55 Å². The number of anilines is 1. The molecule has 2 aromatic carbocycles.